The molecule has 1 aliphatic rings. The quantitative estimate of drug-likeness (QED) is 0.771. The fourth-order valence-corrected chi connectivity index (χ4v) is 2.59. The van der Waals surface area contributed by atoms with Gasteiger partial charge < -0.3 is 10.6 Å². The Morgan fingerprint density at radius 3 is 3.16 bits per heavy atom. The molecule has 1 amide bonds. The Bertz CT molecular complexity index is 434. The largest absolute Gasteiger partial charge is 0.352 e. The molecule has 0 spiro atoms. The maximum absolute atomic E-state index is 11.7. The molecule has 0 atom stereocenters. The minimum Gasteiger partial charge on any atom is -0.352 e. The minimum atomic E-state index is 0.0976. The molecule has 0 unspecified atom stereocenters. The Kier molecular flexibility index (Phi) is 5.91. The van der Waals surface area contributed by atoms with Gasteiger partial charge in [0.15, 0.2) is 0 Å². The predicted molar refractivity (Wildman–Crippen MR) is 79.0 cm³/mol. The molecular formula is C14H19N3OS. The van der Waals surface area contributed by atoms with Crippen LogP contribution >= 0.6 is 11.8 Å². The first-order valence-corrected chi connectivity index (χ1v) is 7.63. The zero-order valence-electron chi connectivity index (χ0n) is 10.9. The first-order chi connectivity index (χ1) is 9.34. The summed E-state index contributed by atoms with van der Waals surface area (Å²) in [5, 5.41) is 6.22. The number of hydrogen-bond donors (Lipinski definition) is 2. The lowest BCUT2D eigenvalue weighted by Crippen LogP contribution is -2.30. The summed E-state index contributed by atoms with van der Waals surface area (Å²) in [6.45, 7) is 2.61. The number of carbonyl (C=O) groups excluding carboxylic acids is 1. The van der Waals surface area contributed by atoms with Crippen LogP contribution in [0.1, 0.15) is 12.1 Å². The van der Waals surface area contributed by atoms with Crippen LogP contribution in [-0.2, 0) is 10.5 Å². The molecule has 0 saturated heterocycles. The molecule has 0 saturated carbocycles. The van der Waals surface area contributed by atoms with E-state index in [0.717, 1.165) is 31.0 Å². The molecule has 102 valence electrons. The number of nitrogens with zero attached hydrogens (tertiary/aromatic N) is 1. The van der Waals surface area contributed by atoms with Crippen LogP contribution in [-0.4, -0.2) is 36.3 Å². The number of thioether (sulfide) groups is 1. The van der Waals surface area contributed by atoms with Crippen LogP contribution in [0.3, 0.4) is 0 Å². The first kappa shape index (κ1) is 14.1. The predicted octanol–water partition coefficient (Wildman–Crippen LogP) is 1.35. The van der Waals surface area contributed by atoms with E-state index in [1.165, 1.54) is 5.57 Å². The Balaban J connectivity index is 1.61. The number of nitrogens with one attached hydrogen (secondary N) is 2. The summed E-state index contributed by atoms with van der Waals surface area (Å²) in [4.78, 5) is 15.9. The normalized spacial score (nSPS) is 14.8. The first-order valence-electron chi connectivity index (χ1n) is 6.47. The van der Waals surface area contributed by atoms with Gasteiger partial charge in [-0.3, -0.25) is 9.78 Å². The van der Waals surface area contributed by atoms with Crippen molar-refractivity contribution in [3.63, 3.8) is 0 Å². The maximum atomic E-state index is 11.7. The SMILES string of the molecule is O=C(CSCc1ccccn1)NCC1=CCNCC1. The molecule has 0 radical (unpaired) electrons. The molecule has 4 nitrogen and oxygen atoms in total. The van der Waals surface area contributed by atoms with Gasteiger partial charge in [0.25, 0.3) is 0 Å². The lowest BCUT2D eigenvalue weighted by atomic mass is 10.1. The fourth-order valence-electron chi connectivity index (χ4n) is 1.83. The summed E-state index contributed by atoms with van der Waals surface area (Å²) in [5.74, 6) is 1.36. The third-order valence-corrected chi connectivity index (χ3v) is 3.85. The average molecular weight is 277 g/mol. The van der Waals surface area contributed by atoms with E-state index in [4.69, 9.17) is 0 Å². The van der Waals surface area contributed by atoms with Crippen molar-refractivity contribution in [1.82, 2.24) is 15.6 Å². The molecule has 0 fully saturated rings. The summed E-state index contributed by atoms with van der Waals surface area (Å²) in [6, 6.07) is 5.84. The molecule has 0 bridgehead atoms. The minimum absolute atomic E-state index is 0.0976. The highest BCUT2D eigenvalue weighted by atomic mass is 32.2. The van der Waals surface area contributed by atoms with E-state index in [2.05, 4.69) is 21.7 Å². The summed E-state index contributed by atoms with van der Waals surface area (Å²) in [6.07, 6.45) is 4.96. The molecule has 0 aromatic carbocycles. The van der Waals surface area contributed by atoms with Crippen molar-refractivity contribution in [1.29, 1.82) is 0 Å². The standard InChI is InChI=1S/C14H19N3OS/c18-14(17-9-12-4-7-15-8-5-12)11-19-10-13-3-1-2-6-16-13/h1-4,6,15H,5,7-11H2,(H,17,18). The highest BCUT2D eigenvalue weighted by Gasteiger charge is 2.06. The molecule has 5 heteroatoms. The van der Waals surface area contributed by atoms with E-state index < -0.39 is 0 Å². The van der Waals surface area contributed by atoms with E-state index in [1.54, 1.807) is 18.0 Å². The average Bonchev–Trinajstić information content (AvgIpc) is 2.47. The van der Waals surface area contributed by atoms with Gasteiger partial charge in [-0.2, -0.15) is 0 Å². The second-order valence-corrected chi connectivity index (χ2v) is 5.39. The van der Waals surface area contributed by atoms with Crippen LogP contribution in [0.4, 0.5) is 0 Å². The van der Waals surface area contributed by atoms with Gasteiger partial charge in [-0.1, -0.05) is 17.7 Å². The number of carbonyl (C=O) groups is 1. The van der Waals surface area contributed by atoms with Crippen LogP contribution < -0.4 is 10.6 Å². The number of rotatable bonds is 6. The van der Waals surface area contributed by atoms with E-state index in [9.17, 15) is 4.79 Å². The number of amides is 1. The maximum Gasteiger partial charge on any atom is 0.230 e. The van der Waals surface area contributed by atoms with Crippen molar-refractivity contribution in [2.75, 3.05) is 25.4 Å². The molecule has 2 heterocycles. The van der Waals surface area contributed by atoms with Crippen LogP contribution in [0, 0.1) is 0 Å². The smallest absolute Gasteiger partial charge is 0.230 e. The van der Waals surface area contributed by atoms with Gasteiger partial charge in [-0.05, 0) is 25.1 Å². The third-order valence-electron chi connectivity index (χ3n) is 2.88. The molecule has 2 N–H and O–H groups in total. The van der Waals surface area contributed by atoms with E-state index in [0.29, 0.717) is 12.3 Å². The van der Waals surface area contributed by atoms with Gasteiger partial charge in [0.1, 0.15) is 0 Å². The summed E-state index contributed by atoms with van der Waals surface area (Å²) in [7, 11) is 0. The zero-order chi connectivity index (χ0) is 13.3. The second kappa shape index (κ2) is 7.96. The van der Waals surface area contributed by atoms with Crippen molar-refractivity contribution < 1.29 is 4.79 Å². The third kappa shape index (κ3) is 5.44. The molecule has 2 rings (SSSR count). The zero-order valence-corrected chi connectivity index (χ0v) is 11.7. The number of pyridine rings is 1. The Labute approximate surface area is 118 Å². The van der Waals surface area contributed by atoms with Crippen LogP contribution in [0.2, 0.25) is 0 Å². The van der Waals surface area contributed by atoms with Gasteiger partial charge in [0.05, 0.1) is 11.4 Å². The van der Waals surface area contributed by atoms with Crippen LogP contribution in [0.25, 0.3) is 0 Å². The molecule has 1 aromatic heterocycles. The van der Waals surface area contributed by atoms with Crippen molar-refractivity contribution in [2.45, 2.75) is 12.2 Å². The van der Waals surface area contributed by atoms with Crippen molar-refractivity contribution in [3.05, 3.63) is 41.7 Å². The Morgan fingerprint density at radius 2 is 2.42 bits per heavy atom. The molecule has 1 aromatic rings. The van der Waals surface area contributed by atoms with Gasteiger partial charge in [0.2, 0.25) is 5.91 Å². The number of hydrogen-bond acceptors (Lipinski definition) is 4. The highest BCUT2D eigenvalue weighted by molar-refractivity contribution is 7.99. The lowest BCUT2D eigenvalue weighted by Gasteiger charge is -2.14. The van der Waals surface area contributed by atoms with Gasteiger partial charge in [-0.15, -0.1) is 11.8 Å². The molecule has 19 heavy (non-hydrogen) atoms. The fraction of sp³-hybridized carbons (Fsp3) is 0.429. The Morgan fingerprint density at radius 1 is 1.47 bits per heavy atom. The van der Waals surface area contributed by atoms with E-state index >= 15 is 0 Å². The topological polar surface area (TPSA) is 54.0 Å². The summed E-state index contributed by atoms with van der Waals surface area (Å²) >= 11 is 1.59. The number of aromatic nitrogens is 1. The van der Waals surface area contributed by atoms with Crippen molar-refractivity contribution >= 4 is 17.7 Å². The van der Waals surface area contributed by atoms with Gasteiger partial charge in [0, 0.05) is 25.0 Å². The van der Waals surface area contributed by atoms with Gasteiger partial charge >= 0.3 is 0 Å². The van der Waals surface area contributed by atoms with E-state index in [1.807, 2.05) is 18.2 Å². The molecule has 0 aliphatic carbocycles. The second-order valence-electron chi connectivity index (χ2n) is 4.41. The van der Waals surface area contributed by atoms with E-state index in [-0.39, 0.29) is 5.91 Å². The van der Waals surface area contributed by atoms with Crippen LogP contribution in [0.15, 0.2) is 36.0 Å². The Hall–Kier alpha value is -1.33. The van der Waals surface area contributed by atoms with Crippen molar-refractivity contribution in [2.24, 2.45) is 0 Å². The van der Waals surface area contributed by atoms with Gasteiger partial charge in [-0.25, -0.2) is 0 Å². The van der Waals surface area contributed by atoms with Crippen LogP contribution in [0.5, 0.6) is 0 Å². The monoisotopic (exact) mass is 277 g/mol. The van der Waals surface area contributed by atoms with Crippen molar-refractivity contribution in [3.8, 4) is 0 Å². The molecular weight excluding hydrogens is 258 g/mol. The summed E-state index contributed by atoms with van der Waals surface area (Å²) in [5.41, 5.74) is 2.34. The molecule has 1 aliphatic heterocycles. The summed E-state index contributed by atoms with van der Waals surface area (Å²) < 4.78 is 0. The lowest BCUT2D eigenvalue weighted by molar-refractivity contribution is -0.118. The highest BCUT2D eigenvalue weighted by Crippen LogP contribution is 2.09.